The summed E-state index contributed by atoms with van der Waals surface area (Å²) < 4.78 is 32.0. The van der Waals surface area contributed by atoms with Gasteiger partial charge in [0, 0.05) is 22.7 Å². The summed E-state index contributed by atoms with van der Waals surface area (Å²) in [5, 5.41) is 13.6. The first-order valence-corrected chi connectivity index (χ1v) is 14.2. The summed E-state index contributed by atoms with van der Waals surface area (Å²) >= 11 is 6.43. The van der Waals surface area contributed by atoms with Crippen LogP contribution in [0.1, 0.15) is 28.4 Å². The molecule has 45 heavy (non-hydrogen) atoms. The minimum Gasteiger partial charge on any atom is -0.434 e. The van der Waals surface area contributed by atoms with Crippen molar-refractivity contribution in [1.29, 1.82) is 5.26 Å². The van der Waals surface area contributed by atoms with Crippen LogP contribution in [0.3, 0.4) is 0 Å². The van der Waals surface area contributed by atoms with E-state index in [0.29, 0.717) is 16.5 Å². The van der Waals surface area contributed by atoms with E-state index in [2.05, 4.69) is 5.32 Å². The summed E-state index contributed by atoms with van der Waals surface area (Å²) in [4.78, 5) is 44.3. The number of alkyl halides is 2. The summed E-state index contributed by atoms with van der Waals surface area (Å²) in [6, 6.07) is 22.7. The first-order chi connectivity index (χ1) is 21.5. The third kappa shape index (κ3) is 5.90. The molecular formula is C33H28ClF2N5O4. The molecule has 1 aliphatic rings. The second-order valence-electron chi connectivity index (χ2n) is 10.7. The second-order valence-corrected chi connectivity index (χ2v) is 11.1. The maximum atomic E-state index is 14.6. The second kappa shape index (κ2) is 12.5. The van der Waals surface area contributed by atoms with E-state index in [4.69, 9.17) is 22.1 Å². The average Bonchev–Trinajstić information content (AvgIpc) is 3.15. The summed E-state index contributed by atoms with van der Waals surface area (Å²) in [5.74, 6) is -3.35. The third-order valence-electron chi connectivity index (χ3n) is 8.21. The molecule has 0 saturated carbocycles. The number of nitriles is 1. The van der Waals surface area contributed by atoms with E-state index in [1.54, 1.807) is 36.4 Å². The number of likely N-dealkylation sites (N-methyl/N-ethyl adjacent to an activating group) is 1. The van der Waals surface area contributed by atoms with Gasteiger partial charge in [-0.15, -0.1) is 0 Å². The molecule has 2 atom stereocenters. The molecule has 4 aromatic carbocycles. The van der Waals surface area contributed by atoms with Crippen LogP contribution in [0.5, 0.6) is 5.75 Å². The maximum absolute atomic E-state index is 14.6. The molecule has 0 spiro atoms. The molecule has 1 aliphatic heterocycles. The van der Waals surface area contributed by atoms with Crippen LogP contribution < -0.4 is 25.6 Å². The van der Waals surface area contributed by atoms with Crippen molar-refractivity contribution in [3.8, 4) is 11.8 Å². The first kappa shape index (κ1) is 31.4. The number of benzene rings is 4. The van der Waals surface area contributed by atoms with Gasteiger partial charge in [0.1, 0.15) is 11.3 Å². The molecule has 1 unspecified atom stereocenters. The number of rotatable bonds is 8. The van der Waals surface area contributed by atoms with Crippen molar-refractivity contribution < 1.29 is 27.9 Å². The number of hydrogen-bond donors (Lipinski definition) is 2. The number of carbonyl (C=O) groups is 3. The molecule has 0 radical (unpaired) electrons. The van der Waals surface area contributed by atoms with Crippen LogP contribution >= 0.6 is 11.6 Å². The predicted octanol–water partition coefficient (Wildman–Crippen LogP) is 5.24. The molecule has 0 aliphatic carbocycles. The Bertz CT molecular complexity index is 1850. The predicted molar refractivity (Wildman–Crippen MR) is 166 cm³/mol. The molecule has 12 heteroatoms. The lowest BCUT2D eigenvalue weighted by molar-refractivity contribution is -0.133. The zero-order valence-corrected chi connectivity index (χ0v) is 25.0. The summed E-state index contributed by atoms with van der Waals surface area (Å²) in [5.41, 5.74) is 5.53. The van der Waals surface area contributed by atoms with Gasteiger partial charge in [0.2, 0.25) is 11.8 Å². The van der Waals surface area contributed by atoms with E-state index in [-0.39, 0.29) is 40.8 Å². The first-order valence-electron chi connectivity index (χ1n) is 13.9. The monoisotopic (exact) mass is 631 g/mol. The summed E-state index contributed by atoms with van der Waals surface area (Å²) in [7, 11) is 1.48. The SMILES string of the molecule is CNC(C)(C(N)=O)[C@@H]1CN(C(=O)c2ccc(C#N)cc2)c2cc(Cl)ccc2N(Cc2c(OC(F)F)ccc3ccccc23)C1=O. The number of ether oxygens (including phenoxy) is 1. The molecule has 5 rings (SSSR count). The van der Waals surface area contributed by atoms with Gasteiger partial charge >= 0.3 is 6.61 Å². The van der Waals surface area contributed by atoms with Crippen LogP contribution in [0.2, 0.25) is 5.02 Å². The number of hydrogen-bond acceptors (Lipinski definition) is 6. The summed E-state index contributed by atoms with van der Waals surface area (Å²) in [6.45, 7) is -2.22. The molecule has 0 aromatic heterocycles. The van der Waals surface area contributed by atoms with Crippen LogP contribution in [-0.2, 0) is 16.1 Å². The largest absolute Gasteiger partial charge is 0.434 e. The molecule has 4 aromatic rings. The van der Waals surface area contributed by atoms with Crippen LogP contribution in [0.15, 0.2) is 78.9 Å². The lowest BCUT2D eigenvalue weighted by Crippen LogP contribution is -2.63. The van der Waals surface area contributed by atoms with Gasteiger partial charge in [0.05, 0.1) is 35.5 Å². The number of nitrogens with two attached hydrogens (primary N) is 1. The molecule has 0 bridgehead atoms. The zero-order chi connectivity index (χ0) is 32.5. The van der Waals surface area contributed by atoms with Gasteiger partial charge in [0.25, 0.3) is 5.91 Å². The molecule has 0 fully saturated rings. The van der Waals surface area contributed by atoms with E-state index in [0.717, 1.165) is 5.39 Å². The fourth-order valence-electron chi connectivity index (χ4n) is 5.55. The Labute approximate surface area is 262 Å². The van der Waals surface area contributed by atoms with Crippen molar-refractivity contribution in [2.45, 2.75) is 25.6 Å². The van der Waals surface area contributed by atoms with Gasteiger partial charge < -0.3 is 25.6 Å². The highest BCUT2D eigenvalue weighted by Gasteiger charge is 2.49. The molecule has 1 heterocycles. The Balaban J connectivity index is 1.74. The lowest BCUT2D eigenvalue weighted by Gasteiger charge is -2.36. The Morgan fingerprint density at radius 1 is 1.11 bits per heavy atom. The van der Waals surface area contributed by atoms with Crippen LogP contribution in [0.25, 0.3) is 10.8 Å². The van der Waals surface area contributed by atoms with Crippen molar-refractivity contribution in [3.63, 3.8) is 0 Å². The van der Waals surface area contributed by atoms with E-state index in [1.165, 1.54) is 66.2 Å². The van der Waals surface area contributed by atoms with Gasteiger partial charge in [-0.3, -0.25) is 14.4 Å². The van der Waals surface area contributed by atoms with Gasteiger partial charge in [0.15, 0.2) is 0 Å². The topological polar surface area (TPSA) is 129 Å². The Hall–Kier alpha value is -5.05. The van der Waals surface area contributed by atoms with Crippen molar-refractivity contribution in [2.24, 2.45) is 11.7 Å². The van der Waals surface area contributed by atoms with Crippen LogP contribution in [0, 0.1) is 17.2 Å². The number of nitrogens with one attached hydrogen (secondary N) is 1. The Morgan fingerprint density at radius 3 is 2.47 bits per heavy atom. The smallest absolute Gasteiger partial charge is 0.387 e. The normalized spacial score (nSPS) is 16.1. The van der Waals surface area contributed by atoms with Gasteiger partial charge in [-0.05, 0) is 73.3 Å². The average molecular weight is 632 g/mol. The minimum absolute atomic E-state index is 0.135. The Morgan fingerprint density at radius 2 is 1.82 bits per heavy atom. The van der Waals surface area contributed by atoms with Crippen molar-refractivity contribution in [2.75, 3.05) is 23.4 Å². The molecule has 3 amide bonds. The van der Waals surface area contributed by atoms with Crippen LogP contribution in [0.4, 0.5) is 20.2 Å². The quantitative estimate of drug-likeness (QED) is 0.274. The minimum atomic E-state index is -3.13. The Kier molecular flexibility index (Phi) is 8.73. The fraction of sp³-hybridized carbons (Fsp3) is 0.212. The van der Waals surface area contributed by atoms with Crippen molar-refractivity contribution >= 4 is 51.5 Å². The fourth-order valence-corrected chi connectivity index (χ4v) is 5.71. The van der Waals surface area contributed by atoms with E-state index in [9.17, 15) is 28.4 Å². The number of anilines is 2. The van der Waals surface area contributed by atoms with Gasteiger partial charge in [-0.25, -0.2) is 0 Å². The van der Waals surface area contributed by atoms with E-state index >= 15 is 0 Å². The summed E-state index contributed by atoms with van der Waals surface area (Å²) in [6.07, 6.45) is 0. The third-order valence-corrected chi connectivity index (χ3v) is 8.45. The highest BCUT2D eigenvalue weighted by Crippen LogP contribution is 2.42. The number of halogens is 3. The number of fused-ring (bicyclic) bond motifs is 2. The number of carbonyl (C=O) groups excluding carboxylic acids is 3. The number of nitrogens with zero attached hydrogens (tertiary/aromatic N) is 3. The zero-order valence-electron chi connectivity index (χ0n) is 24.3. The molecule has 230 valence electrons. The highest BCUT2D eigenvalue weighted by molar-refractivity contribution is 6.31. The van der Waals surface area contributed by atoms with Crippen molar-refractivity contribution in [1.82, 2.24) is 5.32 Å². The highest BCUT2D eigenvalue weighted by atomic mass is 35.5. The van der Waals surface area contributed by atoms with Crippen LogP contribution in [-0.4, -0.2) is 43.5 Å². The lowest BCUT2D eigenvalue weighted by atomic mass is 9.83. The van der Waals surface area contributed by atoms with E-state index in [1.807, 2.05) is 6.07 Å². The van der Waals surface area contributed by atoms with E-state index < -0.39 is 35.8 Å². The maximum Gasteiger partial charge on any atom is 0.387 e. The van der Waals surface area contributed by atoms with Gasteiger partial charge in [-0.1, -0.05) is 41.9 Å². The van der Waals surface area contributed by atoms with Gasteiger partial charge in [-0.2, -0.15) is 14.0 Å². The molecule has 0 saturated heterocycles. The standard InChI is InChI=1S/C33H28ClF2N5O4/c1-33(39-2,31(38)44)25-18-41(29(42)21-9-7-19(16-37)8-10-21)27-15-22(34)12-13-26(27)40(30(25)43)17-24-23-6-4-3-5-20(23)11-14-28(24)45-32(35)36/h3-15,25,32,39H,17-18H2,1-2H3,(H2,38,44)/t25-,33?/m1/s1. The molecule has 3 N–H and O–H groups in total. The van der Waals surface area contributed by atoms with Crippen molar-refractivity contribution in [3.05, 3.63) is 101 Å². The molecular weight excluding hydrogens is 604 g/mol. The molecule has 9 nitrogen and oxygen atoms in total. The number of amides is 3. The number of primary amides is 1.